The van der Waals surface area contributed by atoms with E-state index >= 15 is 0 Å². The molecule has 110 valence electrons. The highest BCUT2D eigenvalue weighted by molar-refractivity contribution is 14.1. The Balaban J connectivity index is 2.23. The van der Waals surface area contributed by atoms with Gasteiger partial charge in [-0.15, -0.1) is 0 Å². The van der Waals surface area contributed by atoms with Gasteiger partial charge in [-0.1, -0.05) is 13.0 Å². The van der Waals surface area contributed by atoms with Crippen molar-refractivity contribution in [3.8, 4) is 0 Å². The summed E-state index contributed by atoms with van der Waals surface area (Å²) >= 11 is 5.57. The number of aromatic nitrogens is 1. The van der Waals surface area contributed by atoms with E-state index in [4.69, 9.17) is 0 Å². The number of anilines is 2. The van der Waals surface area contributed by atoms with E-state index < -0.39 is 0 Å². The molecule has 1 heterocycles. The summed E-state index contributed by atoms with van der Waals surface area (Å²) in [4.78, 5) is 16.7. The van der Waals surface area contributed by atoms with Gasteiger partial charge in [0.05, 0.1) is 5.56 Å². The minimum atomic E-state index is -0.176. The van der Waals surface area contributed by atoms with Gasteiger partial charge in [-0.25, -0.2) is 4.98 Å². The Kier molecular flexibility index (Phi) is 5.98. The van der Waals surface area contributed by atoms with Gasteiger partial charge in [0.1, 0.15) is 5.82 Å². The third-order valence-corrected chi connectivity index (χ3v) is 3.83. The van der Waals surface area contributed by atoms with Crippen molar-refractivity contribution in [1.82, 2.24) is 4.98 Å². The van der Waals surface area contributed by atoms with Crippen molar-refractivity contribution in [3.05, 3.63) is 50.1 Å². The number of pyridine rings is 1. The van der Waals surface area contributed by atoms with Crippen molar-refractivity contribution in [1.29, 1.82) is 0 Å². The van der Waals surface area contributed by atoms with Gasteiger partial charge >= 0.3 is 0 Å². The fourth-order valence-electron chi connectivity index (χ4n) is 1.76. The lowest BCUT2D eigenvalue weighted by Gasteiger charge is -2.11. The van der Waals surface area contributed by atoms with Crippen LogP contribution < -0.4 is 10.6 Å². The molecule has 0 fully saturated rings. The average molecular weight is 460 g/mol. The summed E-state index contributed by atoms with van der Waals surface area (Å²) in [7, 11) is 0. The van der Waals surface area contributed by atoms with Gasteiger partial charge in [0.15, 0.2) is 0 Å². The first-order valence-electron chi connectivity index (χ1n) is 6.56. The van der Waals surface area contributed by atoms with Gasteiger partial charge < -0.3 is 10.6 Å². The molecule has 0 saturated carbocycles. The van der Waals surface area contributed by atoms with E-state index in [0.717, 1.165) is 26.7 Å². The number of nitrogens with one attached hydrogen (secondary N) is 2. The zero-order valence-electron chi connectivity index (χ0n) is 11.5. The lowest BCUT2D eigenvalue weighted by molar-refractivity contribution is 0.102. The number of carbonyl (C=O) groups excluding carboxylic acids is 1. The first kappa shape index (κ1) is 16.2. The molecule has 0 radical (unpaired) electrons. The van der Waals surface area contributed by atoms with Crippen molar-refractivity contribution in [2.45, 2.75) is 13.3 Å². The van der Waals surface area contributed by atoms with E-state index in [2.05, 4.69) is 61.1 Å². The Labute approximate surface area is 146 Å². The number of benzene rings is 1. The molecular formula is C15H15BrIN3O. The second kappa shape index (κ2) is 7.74. The summed E-state index contributed by atoms with van der Waals surface area (Å²) in [5.74, 6) is 0.424. The number of rotatable bonds is 5. The summed E-state index contributed by atoms with van der Waals surface area (Å²) in [5, 5.41) is 6.07. The van der Waals surface area contributed by atoms with Crippen LogP contribution in [0.15, 0.2) is 41.0 Å². The van der Waals surface area contributed by atoms with Crippen LogP contribution in [0.2, 0.25) is 0 Å². The van der Waals surface area contributed by atoms with E-state index in [0.29, 0.717) is 11.4 Å². The first-order chi connectivity index (χ1) is 10.1. The van der Waals surface area contributed by atoms with Crippen LogP contribution in [-0.2, 0) is 0 Å². The zero-order chi connectivity index (χ0) is 15.2. The molecule has 0 saturated heterocycles. The smallest absolute Gasteiger partial charge is 0.259 e. The number of hydrogen-bond acceptors (Lipinski definition) is 3. The second-order valence-corrected chi connectivity index (χ2v) is 6.60. The number of nitrogens with zero attached hydrogens (tertiary/aromatic N) is 1. The van der Waals surface area contributed by atoms with E-state index in [1.165, 1.54) is 0 Å². The fourth-order valence-corrected chi connectivity index (χ4v) is 2.64. The predicted molar refractivity (Wildman–Crippen MR) is 97.8 cm³/mol. The molecule has 0 aliphatic carbocycles. The summed E-state index contributed by atoms with van der Waals surface area (Å²) in [6, 6.07) is 9.44. The maximum atomic E-state index is 12.4. The lowest BCUT2D eigenvalue weighted by Crippen LogP contribution is -2.16. The van der Waals surface area contributed by atoms with Crippen LogP contribution in [-0.4, -0.2) is 17.4 Å². The zero-order valence-corrected chi connectivity index (χ0v) is 15.2. The third-order valence-electron chi connectivity index (χ3n) is 2.72. The fraction of sp³-hybridized carbons (Fsp3) is 0.200. The van der Waals surface area contributed by atoms with Crippen molar-refractivity contribution in [3.63, 3.8) is 0 Å². The Morgan fingerprint density at radius 1 is 1.38 bits per heavy atom. The van der Waals surface area contributed by atoms with Crippen LogP contribution in [0.4, 0.5) is 11.5 Å². The molecule has 0 aliphatic heterocycles. The minimum Gasteiger partial charge on any atom is -0.369 e. The van der Waals surface area contributed by atoms with E-state index in [1.54, 1.807) is 12.3 Å². The lowest BCUT2D eigenvalue weighted by atomic mass is 10.2. The summed E-state index contributed by atoms with van der Waals surface area (Å²) < 4.78 is 1.85. The van der Waals surface area contributed by atoms with E-state index in [-0.39, 0.29) is 5.91 Å². The molecule has 2 N–H and O–H groups in total. The largest absolute Gasteiger partial charge is 0.369 e. The van der Waals surface area contributed by atoms with E-state index in [1.807, 2.05) is 24.3 Å². The molecule has 0 aliphatic rings. The molecule has 2 rings (SSSR count). The maximum absolute atomic E-state index is 12.4. The predicted octanol–water partition coefficient (Wildman–Crippen LogP) is 4.52. The number of halogens is 2. The van der Waals surface area contributed by atoms with Gasteiger partial charge in [0.25, 0.3) is 5.91 Å². The van der Waals surface area contributed by atoms with Crippen LogP contribution in [0.25, 0.3) is 0 Å². The molecule has 1 aromatic heterocycles. The summed E-state index contributed by atoms with van der Waals surface area (Å²) in [5.41, 5.74) is 1.30. The molecule has 0 bridgehead atoms. The summed E-state index contributed by atoms with van der Waals surface area (Å²) in [6.45, 7) is 2.84. The van der Waals surface area contributed by atoms with Crippen molar-refractivity contribution in [2.24, 2.45) is 0 Å². The molecule has 0 spiro atoms. The molecule has 0 atom stereocenters. The van der Waals surface area contributed by atoms with E-state index in [9.17, 15) is 4.79 Å². The Bertz CT molecular complexity index is 649. The number of hydrogen-bond donors (Lipinski definition) is 2. The standard InChI is InChI=1S/C15H15BrIN3O/c1-2-6-18-14-13(7-10(16)9-19-14)15(21)20-12-5-3-4-11(17)8-12/h3-5,7-9H,2,6H2,1H3,(H,18,19)(H,20,21). The summed E-state index contributed by atoms with van der Waals surface area (Å²) in [6.07, 6.45) is 2.65. The Morgan fingerprint density at radius 2 is 2.19 bits per heavy atom. The number of amides is 1. The molecule has 2 aromatic rings. The quantitative estimate of drug-likeness (QED) is 0.646. The molecule has 6 heteroatoms. The monoisotopic (exact) mass is 459 g/mol. The molecular weight excluding hydrogens is 445 g/mol. The third kappa shape index (κ3) is 4.67. The average Bonchev–Trinajstić information content (AvgIpc) is 2.46. The van der Waals surface area contributed by atoms with Crippen LogP contribution in [0, 0.1) is 3.57 Å². The van der Waals surface area contributed by atoms with Gasteiger partial charge in [-0.3, -0.25) is 4.79 Å². The minimum absolute atomic E-state index is 0.176. The second-order valence-electron chi connectivity index (χ2n) is 4.44. The first-order valence-corrected chi connectivity index (χ1v) is 8.43. The highest BCUT2D eigenvalue weighted by Gasteiger charge is 2.13. The van der Waals surface area contributed by atoms with Crippen molar-refractivity contribution in [2.75, 3.05) is 17.2 Å². The molecule has 1 amide bonds. The number of carbonyl (C=O) groups is 1. The molecule has 4 nitrogen and oxygen atoms in total. The van der Waals surface area contributed by atoms with Crippen LogP contribution in [0.5, 0.6) is 0 Å². The Hall–Kier alpha value is -1.15. The SMILES string of the molecule is CCCNc1ncc(Br)cc1C(=O)Nc1cccc(I)c1. The Morgan fingerprint density at radius 3 is 2.90 bits per heavy atom. The molecule has 21 heavy (non-hydrogen) atoms. The normalized spacial score (nSPS) is 10.2. The highest BCUT2D eigenvalue weighted by Crippen LogP contribution is 2.20. The van der Waals surface area contributed by atoms with Gasteiger partial charge in [-0.2, -0.15) is 0 Å². The van der Waals surface area contributed by atoms with Gasteiger partial charge in [0.2, 0.25) is 0 Å². The van der Waals surface area contributed by atoms with Crippen LogP contribution in [0.3, 0.4) is 0 Å². The topological polar surface area (TPSA) is 54.0 Å². The molecule has 0 unspecified atom stereocenters. The van der Waals surface area contributed by atoms with Crippen molar-refractivity contribution >= 4 is 55.9 Å². The molecule has 1 aromatic carbocycles. The highest BCUT2D eigenvalue weighted by atomic mass is 127. The van der Waals surface area contributed by atoms with Crippen LogP contribution in [0.1, 0.15) is 23.7 Å². The van der Waals surface area contributed by atoms with Crippen molar-refractivity contribution < 1.29 is 4.79 Å². The van der Waals surface area contributed by atoms with Gasteiger partial charge in [-0.05, 0) is 69.2 Å². The van der Waals surface area contributed by atoms with Crippen LogP contribution >= 0.6 is 38.5 Å². The van der Waals surface area contributed by atoms with Gasteiger partial charge in [0, 0.05) is 26.5 Å². The maximum Gasteiger partial charge on any atom is 0.259 e.